The van der Waals surface area contributed by atoms with Crippen molar-refractivity contribution < 1.29 is 8.83 Å². The number of hydrogen-bond donors (Lipinski definition) is 0. The molecule has 120 heavy (non-hydrogen) atoms. The molecule has 24 rings (SSSR count). The average molecular weight is 1570 g/mol. The van der Waals surface area contributed by atoms with E-state index in [9.17, 15) is 0 Å². The molecule has 0 spiro atoms. The fraction of sp³-hybridized carbons (Fsp3) is 0. The quantitative estimate of drug-likeness (QED) is 0.117. The molecule has 0 fully saturated rings. The molecule has 0 radical (unpaired) electrons. The summed E-state index contributed by atoms with van der Waals surface area (Å²) in [6, 6.07) is 135. The first-order valence-electron chi connectivity index (χ1n) is 39.9. The van der Waals surface area contributed by atoms with E-state index >= 15 is 0 Å². The van der Waals surface area contributed by atoms with Gasteiger partial charge in [0.1, 0.15) is 22.3 Å². The number of fused-ring (bicyclic) bond motifs is 16. The van der Waals surface area contributed by atoms with Gasteiger partial charge in [0.2, 0.25) is 0 Å². The van der Waals surface area contributed by atoms with Crippen molar-refractivity contribution in [3.8, 4) is 135 Å². The molecular weight excluding hydrogens is 1510 g/mol. The van der Waals surface area contributed by atoms with Crippen molar-refractivity contribution >= 4 is 129 Å². The van der Waals surface area contributed by atoms with Crippen molar-refractivity contribution in [2.45, 2.75) is 0 Å². The number of aromatic nitrogens is 8. The summed E-state index contributed by atoms with van der Waals surface area (Å²) < 4.78 is 17.7. The molecule has 24 aromatic rings. The number of para-hydroxylation sites is 4. The molecule has 0 saturated heterocycles. The Morgan fingerprint density at radius 2 is 0.475 bits per heavy atom. The summed E-state index contributed by atoms with van der Waals surface area (Å²) in [4.78, 5) is 40.6. The van der Waals surface area contributed by atoms with Crippen LogP contribution < -0.4 is 0 Å². The van der Waals surface area contributed by atoms with Crippen molar-refractivity contribution in [2.75, 3.05) is 0 Å². The SMILES string of the molecule is c1ccc(-c2nc(-c3ccccc3)nc(-c3ccc(-c4nc5cc(-c6ccc(-c7cccc8c7oc7ccccc78)cc6)ccc5c5sc6ccccc6c45)cc3)n2)cc1.c1ccc(-c2nc(-c3ccccc3)nc(-c3ccc(-c4nc5cc(-c6cccc(-c7cccc8c7oc7ccccc78)c6)ccc5c5sc6ccccc6c45)cc3)n2)cc1. The third kappa shape index (κ3) is 12.5. The number of hydrogen-bond acceptors (Lipinski definition) is 12. The van der Waals surface area contributed by atoms with E-state index in [0.29, 0.717) is 34.9 Å². The predicted octanol–water partition coefficient (Wildman–Crippen LogP) is 29.4. The van der Waals surface area contributed by atoms with Gasteiger partial charge in [-0.25, -0.2) is 39.9 Å². The van der Waals surface area contributed by atoms with E-state index in [2.05, 4.69) is 243 Å². The van der Waals surface area contributed by atoms with Gasteiger partial charge in [0.15, 0.2) is 34.9 Å². The third-order valence-corrected chi connectivity index (χ3v) is 25.1. The van der Waals surface area contributed by atoms with Crippen molar-refractivity contribution in [1.29, 1.82) is 0 Å². The summed E-state index contributed by atoms with van der Waals surface area (Å²) in [5.41, 5.74) is 23.9. The van der Waals surface area contributed by atoms with Gasteiger partial charge in [-0.1, -0.05) is 346 Å². The van der Waals surface area contributed by atoms with Crippen LogP contribution in [0, 0.1) is 0 Å². The van der Waals surface area contributed by atoms with E-state index in [0.717, 1.165) is 166 Å². The predicted molar refractivity (Wildman–Crippen MR) is 496 cm³/mol. The zero-order valence-corrected chi connectivity index (χ0v) is 65.8. The van der Waals surface area contributed by atoms with Crippen LogP contribution in [0.3, 0.4) is 0 Å². The number of thiophene rings is 2. The second-order valence-corrected chi connectivity index (χ2v) is 32.0. The van der Waals surface area contributed by atoms with E-state index in [1.54, 1.807) is 0 Å². The molecule has 0 atom stereocenters. The molecule has 0 aliphatic carbocycles. The third-order valence-electron chi connectivity index (χ3n) is 22.7. The monoisotopic (exact) mass is 1570 g/mol. The maximum atomic E-state index is 6.42. The van der Waals surface area contributed by atoms with Crippen LogP contribution >= 0.6 is 22.7 Å². The molecule has 0 aliphatic rings. The maximum Gasteiger partial charge on any atom is 0.164 e. The van der Waals surface area contributed by atoms with Crippen molar-refractivity contribution in [1.82, 2.24) is 39.9 Å². The fourth-order valence-electron chi connectivity index (χ4n) is 16.8. The Kier molecular flexibility index (Phi) is 17.1. The molecule has 0 unspecified atom stereocenters. The number of furan rings is 2. The summed E-state index contributed by atoms with van der Waals surface area (Å²) in [6.45, 7) is 0. The minimum Gasteiger partial charge on any atom is -0.455 e. The molecule has 0 N–H and O–H groups in total. The van der Waals surface area contributed by atoms with Gasteiger partial charge in [-0.2, -0.15) is 0 Å². The Hall–Kier alpha value is -15.6. The Morgan fingerprint density at radius 3 is 0.900 bits per heavy atom. The first-order chi connectivity index (χ1) is 59.4. The molecule has 560 valence electrons. The van der Waals surface area contributed by atoms with Crippen LogP contribution in [0.5, 0.6) is 0 Å². The van der Waals surface area contributed by atoms with Crippen molar-refractivity contribution in [3.63, 3.8) is 0 Å². The van der Waals surface area contributed by atoms with Gasteiger partial charge in [-0.05, 0) is 75.8 Å². The fourth-order valence-corrected chi connectivity index (χ4v) is 19.3. The first-order valence-corrected chi connectivity index (χ1v) is 41.5. The highest BCUT2D eigenvalue weighted by Crippen LogP contribution is 2.48. The van der Waals surface area contributed by atoms with Gasteiger partial charge in [0.05, 0.1) is 22.4 Å². The lowest BCUT2D eigenvalue weighted by Crippen LogP contribution is -2.00. The number of rotatable bonds is 12. The summed E-state index contributed by atoms with van der Waals surface area (Å²) in [5.74, 6) is 3.80. The zero-order valence-electron chi connectivity index (χ0n) is 64.2. The van der Waals surface area contributed by atoms with E-state index in [4.69, 9.17) is 48.7 Å². The van der Waals surface area contributed by atoms with Gasteiger partial charge in [0, 0.05) is 128 Å². The van der Waals surface area contributed by atoms with Crippen molar-refractivity contribution in [2.24, 2.45) is 0 Å². The largest absolute Gasteiger partial charge is 0.455 e. The molecular formula is C108H64N8O2S2. The van der Waals surface area contributed by atoms with E-state index < -0.39 is 0 Å². The standard InChI is InChI=1S/2C54H32N4OS/c1-3-13-34(14-4-1)52-56-53(35-15-5-2-6-16-35)58-54(57-52)36-27-25-33(26-28-36)49-48-44-20-8-10-24-47(44)60-51(48)43-30-29-38(32-45(43)55-49)37-17-11-18-39(31-37)40-21-12-22-42-41-19-7-9-23-46(41)59-50(40)42;1-3-12-36(13-4-1)52-56-53(37-14-5-2-6-15-37)58-54(57-52)38-28-26-35(27-29-38)49-48-44-17-8-10-21-47(44)60-51(48)43-31-30-39(32-45(43)55-49)33-22-24-34(25-23-33)40-18-11-19-42-41-16-7-9-20-46(41)59-50(40)42/h2*1-32H. The van der Waals surface area contributed by atoms with Crippen LogP contribution in [0.1, 0.15) is 0 Å². The second kappa shape index (κ2) is 29.3. The van der Waals surface area contributed by atoms with Gasteiger partial charge in [0.25, 0.3) is 0 Å². The molecule has 12 heteroatoms. The van der Waals surface area contributed by atoms with Crippen LogP contribution in [0.4, 0.5) is 0 Å². The molecule has 0 saturated carbocycles. The Morgan fingerprint density at radius 1 is 0.183 bits per heavy atom. The van der Waals surface area contributed by atoms with Crippen LogP contribution in [0.2, 0.25) is 0 Å². The smallest absolute Gasteiger partial charge is 0.164 e. The van der Waals surface area contributed by atoms with Crippen molar-refractivity contribution in [3.05, 3.63) is 388 Å². The van der Waals surface area contributed by atoms with Gasteiger partial charge >= 0.3 is 0 Å². The lowest BCUT2D eigenvalue weighted by atomic mass is 9.96. The van der Waals surface area contributed by atoms with Crippen LogP contribution in [0.25, 0.3) is 241 Å². The molecule has 0 bridgehead atoms. The van der Waals surface area contributed by atoms with Crippen LogP contribution in [-0.2, 0) is 0 Å². The zero-order chi connectivity index (χ0) is 79.1. The summed E-state index contributed by atoms with van der Waals surface area (Å²) in [7, 11) is 0. The highest BCUT2D eigenvalue weighted by Gasteiger charge is 2.23. The number of pyridine rings is 2. The Balaban J connectivity index is 0.000000140. The molecule has 0 aliphatic heterocycles. The van der Waals surface area contributed by atoms with E-state index in [1.165, 1.54) is 40.3 Å². The lowest BCUT2D eigenvalue weighted by Gasteiger charge is -2.11. The van der Waals surface area contributed by atoms with Crippen LogP contribution in [0.15, 0.2) is 397 Å². The molecule has 8 heterocycles. The molecule has 8 aromatic heterocycles. The Bertz CT molecular complexity index is 8020. The molecule has 16 aromatic carbocycles. The van der Waals surface area contributed by atoms with E-state index in [-0.39, 0.29) is 0 Å². The molecule has 0 amide bonds. The average Bonchev–Trinajstić information content (AvgIpc) is 1.54. The lowest BCUT2D eigenvalue weighted by molar-refractivity contribution is 0.669. The highest BCUT2D eigenvalue weighted by molar-refractivity contribution is 7.27. The normalized spacial score (nSPS) is 11.7. The first kappa shape index (κ1) is 69.9. The molecule has 10 nitrogen and oxygen atoms in total. The Labute approximate surface area is 696 Å². The number of benzene rings is 16. The minimum absolute atomic E-state index is 0.621. The van der Waals surface area contributed by atoms with Gasteiger partial charge in [-0.15, -0.1) is 22.7 Å². The van der Waals surface area contributed by atoms with Gasteiger partial charge in [-0.3, -0.25) is 0 Å². The van der Waals surface area contributed by atoms with Gasteiger partial charge < -0.3 is 8.83 Å². The minimum atomic E-state index is 0.621. The summed E-state index contributed by atoms with van der Waals surface area (Å²) in [6.07, 6.45) is 0. The van der Waals surface area contributed by atoms with E-state index in [1.807, 2.05) is 168 Å². The second-order valence-electron chi connectivity index (χ2n) is 29.9. The maximum absolute atomic E-state index is 6.42. The highest BCUT2D eigenvalue weighted by atomic mass is 32.1. The van der Waals surface area contributed by atoms with Crippen LogP contribution in [-0.4, -0.2) is 39.9 Å². The topological polar surface area (TPSA) is 129 Å². The summed E-state index contributed by atoms with van der Waals surface area (Å²) >= 11 is 3.65. The number of nitrogens with zero attached hydrogens (tertiary/aromatic N) is 8. The summed E-state index contributed by atoms with van der Waals surface area (Å²) in [5, 5.41) is 11.6.